The Hall–Kier alpha value is -1.72. The Labute approximate surface area is 107 Å². The van der Waals surface area contributed by atoms with Gasteiger partial charge >= 0.3 is 6.03 Å². The van der Waals surface area contributed by atoms with Gasteiger partial charge in [0.15, 0.2) is 0 Å². The number of nitrogens with zero attached hydrogens (tertiary/aromatic N) is 1. The van der Waals surface area contributed by atoms with Crippen LogP contribution in [0.2, 0.25) is 10.0 Å². The zero-order valence-electron chi connectivity index (χ0n) is 8.50. The highest BCUT2D eigenvalue weighted by molar-refractivity contribution is 6.35. The predicted octanol–water partition coefficient (Wildman–Crippen LogP) is 3.36. The molecule has 0 bridgehead atoms. The largest absolute Gasteiger partial charge is 0.323 e. The standard InChI is InChI=1S/C10H8Cl2N4O/c11-6-1-2-8(12)9(3-6)16-10(17)15-7-4-13-14-5-7/h1-5H,(H,13,14)(H2,15,16,17). The minimum absolute atomic E-state index is 0.414. The van der Waals surface area contributed by atoms with Gasteiger partial charge in [-0.05, 0) is 18.2 Å². The van der Waals surface area contributed by atoms with E-state index < -0.39 is 6.03 Å². The van der Waals surface area contributed by atoms with Crippen molar-refractivity contribution in [2.75, 3.05) is 10.6 Å². The van der Waals surface area contributed by atoms with Crippen molar-refractivity contribution in [3.8, 4) is 0 Å². The number of hydrogen-bond donors (Lipinski definition) is 3. The molecular formula is C10H8Cl2N4O. The van der Waals surface area contributed by atoms with E-state index in [0.717, 1.165) is 0 Å². The van der Waals surface area contributed by atoms with Crippen LogP contribution < -0.4 is 10.6 Å². The van der Waals surface area contributed by atoms with Crippen molar-refractivity contribution in [3.05, 3.63) is 40.6 Å². The summed E-state index contributed by atoms with van der Waals surface area (Å²) >= 11 is 11.7. The lowest BCUT2D eigenvalue weighted by Gasteiger charge is -2.07. The minimum atomic E-state index is -0.421. The Kier molecular flexibility index (Phi) is 3.51. The Morgan fingerprint density at radius 1 is 1.29 bits per heavy atom. The molecule has 0 fully saturated rings. The summed E-state index contributed by atoms with van der Waals surface area (Å²) in [6.07, 6.45) is 3.04. The lowest BCUT2D eigenvalue weighted by molar-refractivity contribution is 0.262. The number of urea groups is 1. The highest BCUT2D eigenvalue weighted by Crippen LogP contribution is 2.25. The van der Waals surface area contributed by atoms with Crippen molar-refractivity contribution in [1.29, 1.82) is 0 Å². The van der Waals surface area contributed by atoms with Gasteiger partial charge in [-0.15, -0.1) is 0 Å². The third-order valence-corrected chi connectivity index (χ3v) is 2.50. The molecule has 1 aromatic heterocycles. The molecule has 3 N–H and O–H groups in total. The van der Waals surface area contributed by atoms with Gasteiger partial charge in [0.2, 0.25) is 0 Å². The zero-order chi connectivity index (χ0) is 12.3. The van der Waals surface area contributed by atoms with Crippen LogP contribution in [0.1, 0.15) is 0 Å². The minimum Gasteiger partial charge on any atom is -0.306 e. The fourth-order valence-electron chi connectivity index (χ4n) is 1.20. The molecular weight excluding hydrogens is 263 g/mol. The van der Waals surface area contributed by atoms with Crippen LogP contribution in [0.3, 0.4) is 0 Å². The number of nitrogens with one attached hydrogen (secondary N) is 3. The maximum absolute atomic E-state index is 11.6. The van der Waals surface area contributed by atoms with Gasteiger partial charge in [-0.25, -0.2) is 4.79 Å². The van der Waals surface area contributed by atoms with E-state index in [-0.39, 0.29) is 0 Å². The van der Waals surface area contributed by atoms with E-state index in [9.17, 15) is 4.79 Å². The van der Waals surface area contributed by atoms with E-state index in [1.165, 1.54) is 6.20 Å². The maximum Gasteiger partial charge on any atom is 0.323 e. The SMILES string of the molecule is O=C(Nc1cn[nH]c1)Nc1cc(Cl)ccc1Cl. The van der Waals surface area contributed by atoms with Crippen molar-refractivity contribution < 1.29 is 4.79 Å². The second kappa shape index (κ2) is 5.07. The summed E-state index contributed by atoms with van der Waals surface area (Å²) < 4.78 is 0. The number of H-pyrrole nitrogens is 1. The first-order valence-corrected chi connectivity index (χ1v) is 5.42. The molecule has 0 saturated carbocycles. The summed E-state index contributed by atoms with van der Waals surface area (Å²) in [6.45, 7) is 0. The molecule has 0 atom stereocenters. The van der Waals surface area contributed by atoms with Crippen molar-refractivity contribution in [2.24, 2.45) is 0 Å². The van der Waals surface area contributed by atoms with E-state index in [1.807, 2.05) is 0 Å². The molecule has 2 amide bonds. The second-order valence-corrected chi connectivity index (χ2v) is 4.03. The summed E-state index contributed by atoms with van der Waals surface area (Å²) in [6, 6.07) is 4.40. The second-order valence-electron chi connectivity index (χ2n) is 3.19. The van der Waals surface area contributed by atoms with Crippen LogP contribution >= 0.6 is 23.2 Å². The lowest BCUT2D eigenvalue weighted by atomic mass is 10.3. The molecule has 5 nitrogen and oxygen atoms in total. The highest BCUT2D eigenvalue weighted by Gasteiger charge is 2.06. The van der Waals surface area contributed by atoms with Crippen LogP contribution in [-0.4, -0.2) is 16.2 Å². The first-order chi connectivity index (χ1) is 8.15. The Balaban J connectivity index is 2.05. The van der Waals surface area contributed by atoms with Gasteiger partial charge in [-0.2, -0.15) is 5.10 Å². The van der Waals surface area contributed by atoms with Crippen LogP contribution in [0.5, 0.6) is 0 Å². The number of amides is 2. The van der Waals surface area contributed by atoms with Gasteiger partial charge in [-0.1, -0.05) is 23.2 Å². The van der Waals surface area contributed by atoms with E-state index in [4.69, 9.17) is 23.2 Å². The number of rotatable bonds is 2. The predicted molar refractivity (Wildman–Crippen MR) is 67.7 cm³/mol. The van der Waals surface area contributed by atoms with E-state index >= 15 is 0 Å². The van der Waals surface area contributed by atoms with Gasteiger partial charge in [0.1, 0.15) is 0 Å². The van der Waals surface area contributed by atoms with Crippen molar-refractivity contribution in [2.45, 2.75) is 0 Å². The molecule has 17 heavy (non-hydrogen) atoms. The number of hydrogen-bond acceptors (Lipinski definition) is 2. The van der Waals surface area contributed by atoms with Crippen LogP contribution in [0, 0.1) is 0 Å². The third-order valence-electron chi connectivity index (χ3n) is 1.93. The molecule has 0 aliphatic carbocycles. The maximum atomic E-state index is 11.6. The summed E-state index contributed by atoms with van der Waals surface area (Å²) in [7, 11) is 0. The van der Waals surface area contributed by atoms with E-state index in [1.54, 1.807) is 24.4 Å². The molecule has 7 heteroatoms. The van der Waals surface area contributed by atoms with E-state index in [2.05, 4.69) is 20.8 Å². The number of aromatic nitrogens is 2. The molecule has 2 rings (SSSR count). The Morgan fingerprint density at radius 2 is 2.12 bits per heavy atom. The van der Waals surface area contributed by atoms with Gasteiger partial charge in [0.25, 0.3) is 0 Å². The number of carbonyl (C=O) groups excluding carboxylic acids is 1. The molecule has 2 aromatic rings. The van der Waals surface area contributed by atoms with Crippen LogP contribution in [-0.2, 0) is 0 Å². The number of benzene rings is 1. The zero-order valence-corrected chi connectivity index (χ0v) is 10.0. The van der Waals surface area contributed by atoms with Gasteiger partial charge < -0.3 is 10.6 Å². The van der Waals surface area contributed by atoms with Gasteiger partial charge in [0, 0.05) is 11.2 Å². The summed E-state index contributed by atoms with van der Waals surface area (Å²) in [5.41, 5.74) is 1.00. The van der Waals surface area contributed by atoms with Crippen LogP contribution in [0.15, 0.2) is 30.6 Å². The number of aromatic amines is 1. The summed E-state index contributed by atoms with van der Waals surface area (Å²) in [4.78, 5) is 11.6. The van der Waals surface area contributed by atoms with Crippen molar-refractivity contribution in [1.82, 2.24) is 10.2 Å². The first-order valence-electron chi connectivity index (χ1n) is 4.67. The Morgan fingerprint density at radius 3 is 2.82 bits per heavy atom. The fraction of sp³-hybridized carbons (Fsp3) is 0. The highest BCUT2D eigenvalue weighted by atomic mass is 35.5. The van der Waals surface area contributed by atoms with Crippen molar-refractivity contribution in [3.63, 3.8) is 0 Å². The van der Waals surface area contributed by atoms with Gasteiger partial charge in [-0.3, -0.25) is 5.10 Å². The number of carbonyl (C=O) groups is 1. The number of halogens is 2. The smallest absolute Gasteiger partial charge is 0.306 e. The molecule has 0 spiro atoms. The third kappa shape index (κ3) is 3.12. The Bertz CT molecular complexity index is 527. The molecule has 0 radical (unpaired) electrons. The van der Waals surface area contributed by atoms with Crippen LogP contribution in [0.4, 0.5) is 16.2 Å². The number of anilines is 2. The lowest BCUT2D eigenvalue weighted by Crippen LogP contribution is -2.19. The molecule has 0 aliphatic heterocycles. The summed E-state index contributed by atoms with van der Waals surface area (Å²) in [5.74, 6) is 0. The van der Waals surface area contributed by atoms with Crippen LogP contribution in [0.25, 0.3) is 0 Å². The first kappa shape index (κ1) is 11.8. The monoisotopic (exact) mass is 270 g/mol. The molecule has 88 valence electrons. The normalized spacial score (nSPS) is 10.0. The molecule has 1 heterocycles. The van der Waals surface area contributed by atoms with Crippen molar-refractivity contribution >= 4 is 40.6 Å². The van der Waals surface area contributed by atoms with E-state index in [0.29, 0.717) is 21.4 Å². The average Bonchev–Trinajstić information content (AvgIpc) is 2.76. The topological polar surface area (TPSA) is 69.8 Å². The molecule has 0 aliphatic rings. The quantitative estimate of drug-likeness (QED) is 0.783. The average molecular weight is 271 g/mol. The molecule has 1 aromatic carbocycles. The van der Waals surface area contributed by atoms with Gasteiger partial charge in [0.05, 0.1) is 22.6 Å². The molecule has 0 saturated heterocycles. The fourth-order valence-corrected chi connectivity index (χ4v) is 1.53. The summed E-state index contributed by atoms with van der Waals surface area (Å²) in [5, 5.41) is 12.3. The molecule has 0 unspecified atom stereocenters.